The van der Waals surface area contributed by atoms with Crippen LogP contribution < -0.4 is 5.32 Å². The van der Waals surface area contributed by atoms with Crippen LogP contribution in [0.2, 0.25) is 0 Å². The Morgan fingerprint density at radius 3 is 2.34 bits per heavy atom. The van der Waals surface area contributed by atoms with Crippen LogP contribution in [0.1, 0.15) is 29.7 Å². The minimum Gasteiger partial charge on any atom is -0.457 e. The van der Waals surface area contributed by atoms with Crippen LogP contribution in [0.4, 0.5) is 10.3 Å². The summed E-state index contributed by atoms with van der Waals surface area (Å²) >= 11 is 1.51. The van der Waals surface area contributed by atoms with Crippen LogP contribution in [-0.2, 0) is 21.9 Å². The van der Waals surface area contributed by atoms with Crippen molar-refractivity contribution in [3.63, 3.8) is 0 Å². The van der Waals surface area contributed by atoms with Crippen molar-refractivity contribution in [2.75, 3.05) is 5.32 Å². The van der Waals surface area contributed by atoms with E-state index < -0.39 is 12.0 Å². The predicted octanol–water partition coefficient (Wildman–Crippen LogP) is 5.74. The average Bonchev–Trinajstić information content (AvgIpc) is 3.29. The minimum atomic E-state index is -0.603. The first-order chi connectivity index (χ1) is 17.1. The number of carbonyl (C=O) groups is 1. The summed E-state index contributed by atoms with van der Waals surface area (Å²) in [6, 6.07) is 25.0. The molecule has 0 aliphatic carbocycles. The molecular weight excluding hydrogens is 463 g/mol. The number of halogens is 1. The fourth-order valence-electron chi connectivity index (χ4n) is 3.93. The molecule has 4 aromatic rings. The van der Waals surface area contributed by atoms with E-state index in [-0.39, 0.29) is 12.4 Å². The molecule has 1 aliphatic rings. The van der Waals surface area contributed by atoms with Crippen molar-refractivity contribution in [3.05, 3.63) is 119 Å². The van der Waals surface area contributed by atoms with Gasteiger partial charge in [0.05, 0.1) is 5.57 Å². The molecule has 0 radical (unpaired) electrons. The molecule has 6 nitrogen and oxygen atoms in total. The van der Waals surface area contributed by atoms with Crippen LogP contribution in [0.25, 0.3) is 0 Å². The van der Waals surface area contributed by atoms with Gasteiger partial charge >= 0.3 is 5.97 Å². The molecule has 0 bridgehead atoms. The van der Waals surface area contributed by atoms with Crippen LogP contribution in [0.15, 0.2) is 101 Å². The van der Waals surface area contributed by atoms with Crippen molar-refractivity contribution in [1.29, 1.82) is 0 Å². The normalized spacial score (nSPS) is 14.9. The van der Waals surface area contributed by atoms with Crippen molar-refractivity contribution in [2.45, 2.75) is 30.5 Å². The molecule has 5 rings (SSSR count). The summed E-state index contributed by atoms with van der Waals surface area (Å²) in [4.78, 5) is 17.9. The van der Waals surface area contributed by atoms with Crippen molar-refractivity contribution in [1.82, 2.24) is 14.8 Å². The maximum absolute atomic E-state index is 13.7. The maximum Gasteiger partial charge on any atom is 0.338 e. The van der Waals surface area contributed by atoms with Gasteiger partial charge in [-0.1, -0.05) is 84.6 Å². The summed E-state index contributed by atoms with van der Waals surface area (Å²) in [7, 11) is 0. The second-order valence-corrected chi connectivity index (χ2v) is 9.06. The van der Waals surface area contributed by atoms with Gasteiger partial charge in [0.15, 0.2) is 0 Å². The molecule has 0 fully saturated rings. The Morgan fingerprint density at radius 1 is 1.00 bits per heavy atom. The number of allylic oxidation sites excluding steroid dienone is 1. The lowest BCUT2D eigenvalue weighted by molar-refractivity contribution is -0.140. The molecule has 2 heterocycles. The van der Waals surface area contributed by atoms with Gasteiger partial charge < -0.3 is 10.1 Å². The molecule has 3 aromatic carbocycles. The number of benzene rings is 3. The van der Waals surface area contributed by atoms with E-state index in [1.807, 2.05) is 55.5 Å². The van der Waals surface area contributed by atoms with Gasteiger partial charge in [0.2, 0.25) is 11.1 Å². The molecule has 1 unspecified atom stereocenters. The van der Waals surface area contributed by atoms with E-state index >= 15 is 0 Å². The summed E-state index contributed by atoms with van der Waals surface area (Å²) in [6.45, 7) is 1.96. The Bertz CT molecular complexity index is 1360. The predicted molar refractivity (Wildman–Crippen MR) is 133 cm³/mol. The fourth-order valence-corrected chi connectivity index (χ4v) is 4.72. The van der Waals surface area contributed by atoms with Crippen LogP contribution in [-0.4, -0.2) is 20.7 Å². The van der Waals surface area contributed by atoms with Gasteiger partial charge in [-0.2, -0.15) is 4.98 Å². The number of aromatic nitrogens is 3. The van der Waals surface area contributed by atoms with Gasteiger partial charge in [-0.25, -0.2) is 13.9 Å². The molecule has 8 heteroatoms. The van der Waals surface area contributed by atoms with Crippen molar-refractivity contribution in [3.8, 4) is 0 Å². The summed E-state index contributed by atoms with van der Waals surface area (Å²) in [5.74, 6) is 0.415. The number of nitrogens with one attached hydrogen (secondary N) is 1. The quantitative estimate of drug-likeness (QED) is 0.265. The number of rotatable bonds is 7. The fraction of sp³-hybridized carbons (Fsp3) is 0.148. The van der Waals surface area contributed by atoms with Crippen LogP contribution in [0, 0.1) is 5.82 Å². The van der Waals surface area contributed by atoms with Crippen molar-refractivity contribution in [2.24, 2.45) is 0 Å². The van der Waals surface area contributed by atoms with Gasteiger partial charge in [-0.05, 0) is 35.7 Å². The van der Waals surface area contributed by atoms with Crippen molar-refractivity contribution < 1.29 is 13.9 Å². The lowest BCUT2D eigenvalue weighted by Crippen LogP contribution is -2.29. The Labute approximate surface area is 206 Å². The van der Waals surface area contributed by atoms with E-state index in [0.717, 1.165) is 11.1 Å². The third-order valence-corrected chi connectivity index (χ3v) is 6.57. The van der Waals surface area contributed by atoms with E-state index in [1.54, 1.807) is 16.8 Å². The summed E-state index contributed by atoms with van der Waals surface area (Å²) in [6.07, 6.45) is 0. The average molecular weight is 487 g/mol. The molecule has 1 atom stereocenters. The molecule has 35 heavy (non-hydrogen) atoms. The highest BCUT2D eigenvalue weighted by atomic mass is 32.2. The standard InChI is InChI=1S/C27H23FN4O2S/c1-18-23(25(33)34-16-19-8-4-2-5-9-19)24(21-12-14-22(28)15-13-21)32-26(29-18)30-27(31-32)35-17-20-10-6-3-7-11-20/h2-15,24H,16-17H2,1H3,(H,29,30,31). The Balaban J connectivity index is 1.45. The molecular formula is C27H23FN4O2S. The summed E-state index contributed by atoms with van der Waals surface area (Å²) in [5.41, 5.74) is 3.79. The Kier molecular flexibility index (Phi) is 6.63. The number of fused-ring (bicyclic) bond motifs is 1. The SMILES string of the molecule is CC1=C(C(=O)OCc2ccccc2)C(c2ccc(F)cc2)n2nc(SCc3ccccc3)nc2N1. The third-order valence-electron chi connectivity index (χ3n) is 5.66. The highest BCUT2D eigenvalue weighted by Crippen LogP contribution is 2.37. The number of nitrogens with zero attached hydrogens (tertiary/aromatic N) is 3. The first-order valence-corrected chi connectivity index (χ1v) is 12.1. The van der Waals surface area contributed by atoms with Crippen LogP contribution in [0.5, 0.6) is 0 Å². The monoisotopic (exact) mass is 486 g/mol. The highest BCUT2D eigenvalue weighted by molar-refractivity contribution is 7.98. The molecule has 0 saturated heterocycles. The number of hydrogen-bond acceptors (Lipinski definition) is 6. The topological polar surface area (TPSA) is 69.0 Å². The zero-order valence-corrected chi connectivity index (χ0v) is 19.8. The lowest BCUT2D eigenvalue weighted by Gasteiger charge is -2.28. The lowest BCUT2D eigenvalue weighted by atomic mass is 9.96. The molecule has 0 amide bonds. The van der Waals surface area contributed by atoms with E-state index in [1.165, 1.54) is 23.9 Å². The Morgan fingerprint density at radius 2 is 1.66 bits per heavy atom. The van der Waals surface area contributed by atoms with E-state index in [4.69, 9.17) is 9.84 Å². The number of thioether (sulfide) groups is 1. The number of hydrogen-bond donors (Lipinski definition) is 1. The van der Waals surface area contributed by atoms with E-state index in [9.17, 15) is 9.18 Å². The van der Waals surface area contributed by atoms with Gasteiger partial charge in [0.1, 0.15) is 18.5 Å². The molecule has 1 aliphatic heterocycles. The van der Waals surface area contributed by atoms with Gasteiger partial charge in [0.25, 0.3) is 0 Å². The molecule has 0 saturated carbocycles. The van der Waals surface area contributed by atoms with E-state index in [2.05, 4.69) is 22.4 Å². The van der Waals surface area contributed by atoms with Gasteiger partial charge in [0, 0.05) is 11.4 Å². The van der Waals surface area contributed by atoms with Gasteiger partial charge in [-0.15, -0.1) is 5.10 Å². The Hall–Kier alpha value is -3.91. The van der Waals surface area contributed by atoms with Crippen LogP contribution in [0.3, 0.4) is 0 Å². The maximum atomic E-state index is 13.7. The first-order valence-electron chi connectivity index (χ1n) is 11.2. The van der Waals surface area contributed by atoms with E-state index in [0.29, 0.717) is 33.7 Å². The summed E-state index contributed by atoms with van der Waals surface area (Å²) in [5, 5.41) is 8.48. The number of carbonyl (C=O) groups excluding carboxylic acids is 1. The van der Waals surface area contributed by atoms with Gasteiger partial charge in [-0.3, -0.25) is 0 Å². The molecule has 0 spiro atoms. The number of ether oxygens (including phenoxy) is 1. The second-order valence-electron chi connectivity index (χ2n) is 8.12. The molecule has 1 N–H and O–H groups in total. The third kappa shape index (κ3) is 5.12. The smallest absolute Gasteiger partial charge is 0.338 e. The zero-order valence-electron chi connectivity index (χ0n) is 19.0. The van der Waals surface area contributed by atoms with Crippen molar-refractivity contribution >= 4 is 23.7 Å². The molecule has 1 aromatic heterocycles. The molecule has 176 valence electrons. The number of anilines is 1. The zero-order chi connectivity index (χ0) is 24.2. The largest absolute Gasteiger partial charge is 0.457 e. The number of esters is 1. The summed E-state index contributed by atoms with van der Waals surface area (Å²) < 4.78 is 21.0. The minimum absolute atomic E-state index is 0.148. The first kappa shape index (κ1) is 22.9. The van der Waals surface area contributed by atoms with Crippen LogP contribution >= 0.6 is 11.8 Å². The second kappa shape index (κ2) is 10.1. The highest BCUT2D eigenvalue weighted by Gasteiger charge is 2.35.